The van der Waals surface area contributed by atoms with E-state index in [0.717, 1.165) is 16.8 Å². The number of amides is 1. The number of aromatic nitrogens is 1. The van der Waals surface area contributed by atoms with E-state index < -0.39 is 50.5 Å². The molecule has 172 valence electrons. The summed E-state index contributed by atoms with van der Waals surface area (Å²) < 4.78 is 86.5. The van der Waals surface area contributed by atoms with E-state index in [2.05, 4.69) is 21.9 Å². The number of alkyl halides is 3. The molecule has 0 radical (unpaired) electrons. The highest BCUT2D eigenvalue weighted by atomic mass is 32.2. The van der Waals surface area contributed by atoms with Crippen molar-refractivity contribution in [3.63, 3.8) is 0 Å². The van der Waals surface area contributed by atoms with Crippen LogP contribution in [0.5, 0.6) is 5.75 Å². The molecule has 3 N–H and O–H groups in total. The maximum Gasteiger partial charge on any atom is 0.419 e. The summed E-state index contributed by atoms with van der Waals surface area (Å²) in [5.74, 6) is 1.99. The van der Waals surface area contributed by atoms with Gasteiger partial charge >= 0.3 is 6.18 Å². The standard InChI is InChI=1S/C19H17F4N3O5S/c1-3-4-14(27)13-9-31-17-15(32(29,30)25-13)8-26(2)16(17)18(28)24-10-5-6-12(20)11(7-10)19(21,22)23/h5-8,13-14,25,27H,9H2,1-2H3,(H,24,28)/t13-,14+/m0/s1. The molecular weight excluding hydrogens is 458 g/mol. The number of anilines is 1. The highest BCUT2D eigenvalue weighted by Crippen LogP contribution is 2.35. The predicted octanol–water partition coefficient (Wildman–Crippen LogP) is 1.86. The third-order valence-electron chi connectivity index (χ3n) is 4.52. The summed E-state index contributed by atoms with van der Waals surface area (Å²) in [6.45, 7) is 1.08. The Hall–Kier alpha value is -3.08. The maximum absolute atomic E-state index is 13.5. The van der Waals surface area contributed by atoms with E-state index in [1.807, 2.05) is 0 Å². The zero-order chi connectivity index (χ0) is 23.8. The van der Waals surface area contributed by atoms with Crippen LogP contribution >= 0.6 is 0 Å². The molecule has 8 nitrogen and oxygen atoms in total. The molecule has 0 fully saturated rings. The number of carbonyl (C=O) groups is 1. The van der Waals surface area contributed by atoms with Crippen molar-refractivity contribution in [2.45, 2.75) is 30.1 Å². The fourth-order valence-corrected chi connectivity index (χ4v) is 4.47. The van der Waals surface area contributed by atoms with E-state index in [1.54, 1.807) is 0 Å². The first-order valence-electron chi connectivity index (χ1n) is 8.98. The average Bonchev–Trinajstić information content (AvgIpc) is 2.96. The quantitative estimate of drug-likeness (QED) is 0.464. The van der Waals surface area contributed by atoms with Gasteiger partial charge in [0.15, 0.2) is 11.4 Å². The van der Waals surface area contributed by atoms with Crippen molar-refractivity contribution < 1.29 is 40.6 Å². The largest absolute Gasteiger partial charge is 0.488 e. The summed E-state index contributed by atoms with van der Waals surface area (Å²) >= 11 is 0. The molecule has 2 atom stereocenters. The molecule has 0 spiro atoms. The maximum atomic E-state index is 13.5. The van der Waals surface area contributed by atoms with E-state index in [-0.39, 0.29) is 23.7 Å². The highest BCUT2D eigenvalue weighted by Gasteiger charge is 2.37. The van der Waals surface area contributed by atoms with Gasteiger partial charge in [0, 0.05) is 18.9 Å². The van der Waals surface area contributed by atoms with Gasteiger partial charge < -0.3 is 19.7 Å². The summed E-state index contributed by atoms with van der Waals surface area (Å²) in [6, 6.07) is 0.769. The summed E-state index contributed by atoms with van der Waals surface area (Å²) in [7, 11) is -2.90. The van der Waals surface area contributed by atoms with Gasteiger partial charge in [-0.2, -0.15) is 13.2 Å². The topological polar surface area (TPSA) is 110 Å². The van der Waals surface area contributed by atoms with Gasteiger partial charge in [0.25, 0.3) is 5.91 Å². The number of hydrogen-bond acceptors (Lipinski definition) is 5. The van der Waals surface area contributed by atoms with Crippen molar-refractivity contribution in [1.82, 2.24) is 9.29 Å². The summed E-state index contributed by atoms with van der Waals surface area (Å²) in [6.07, 6.45) is -5.28. The first-order chi connectivity index (χ1) is 14.8. The monoisotopic (exact) mass is 475 g/mol. The normalized spacial score (nSPS) is 18.4. The van der Waals surface area contributed by atoms with Crippen molar-refractivity contribution in [2.75, 3.05) is 11.9 Å². The van der Waals surface area contributed by atoms with Crippen molar-refractivity contribution in [3.05, 3.63) is 41.5 Å². The fourth-order valence-electron chi connectivity index (χ4n) is 3.05. The minimum atomic E-state index is -4.98. The number of hydrogen-bond donors (Lipinski definition) is 3. The number of aryl methyl sites for hydroxylation is 1. The Morgan fingerprint density at radius 2 is 2.09 bits per heavy atom. The van der Waals surface area contributed by atoms with E-state index in [4.69, 9.17) is 4.74 Å². The smallest absolute Gasteiger partial charge is 0.419 e. The summed E-state index contributed by atoms with van der Waals surface area (Å²) in [4.78, 5) is 12.4. The Kier molecular flexibility index (Phi) is 6.23. The second-order valence-corrected chi connectivity index (χ2v) is 8.49. The Bertz CT molecular complexity index is 1230. The Balaban J connectivity index is 1.96. The lowest BCUT2D eigenvalue weighted by Gasteiger charge is -2.17. The Morgan fingerprint density at radius 3 is 2.72 bits per heavy atom. The molecule has 32 heavy (non-hydrogen) atoms. The van der Waals surface area contributed by atoms with Gasteiger partial charge in [0.05, 0.1) is 11.6 Å². The number of aliphatic hydroxyl groups excluding tert-OH is 1. The molecule has 1 amide bonds. The minimum absolute atomic E-state index is 0.306. The first-order valence-corrected chi connectivity index (χ1v) is 10.5. The molecule has 0 unspecified atom stereocenters. The molecule has 2 aromatic rings. The number of nitrogens with one attached hydrogen (secondary N) is 2. The van der Waals surface area contributed by atoms with Crippen LogP contribution in [0.1, 0.15) is 23.0 Å². The lowest BCUT2D eigenvalue weighted by molar-refractivity contribution is -0.139. The molecule has 3 rings (SSSR count). The van der Waals surface area contributed by atoms with Crippen LogP contribution in [0.25, 0.3) is 0 Å². The molecule has 0 aliphatic carbocycles. The van der Waals surface area contributed by atoms with E-state index in [9.17, 15) is 35.9 Å². The Morgan fingerprint density at radius 1 is 1.41 bits per heavy atom. The van der Waals surface area contributed by atoms with Gasteiger partial charge in [-0.25, -0.2) is 17.5 Å². The molecule has 0 saturated carbocycles. The summed E-state index contributed by atoms with van der Waals surface area (Å²) in [5.41, 5.74) is -2.24. The molecule has 1 aromatic carbocycles. The second-order valence-electron chi connectivity index (χ2n) is 6.81. The summed E-state index contributed by atoms with van der Waals surface area (Å²) in [5, 5.41) is 12.2. The van der Waals surface area contributed by atoms with Crippen LogP contribution in [-0.2, 0) is 23.2 Å². The lowest BCUT2D eigenvalue weighted by Crippen LogP contribution is -2.45. The van der Waals surface area contributed by atoms with Crippen molar-refractivity contribution in [2.24, 2.45) is 7.05 Å². The van der Waals surface area contributed by atoms with Gasteiger partial charge in [0.1, 0.15) is 23.4 Å². The molecule has 1 aromatic heterocycles. The predicted molar refractivity (Wildman–Crippen MR) is 104 cm³/mol. The lowest BCUT2D eigenvalue weighted by atomic mass is 10.1. The number of halogens is 4. The van der Waals surface area contributed by atoms with Gasteiger partial charge in [-0.05, 0) is 25.1 Å². The van der Waals surface area contributed by atoms with Crippen molar-refractivity contribution >= 4 is 21.6 Å². The molecule has 13 heteroatoms. The van der Waals surface area contributed by atoms with Crippen LogP contribution < -0.4 is 14.8 Å². The number of rotatable bonds is 3. The third kappa shape index (κ3) is 4.57. The van der Waals surface area contributed by atoms with Crippen LogP contribution in [0.4, 0.5) is 23.2 Å². The van der Waals surface area contributed by atoms with E-state index >= 15 is 0 Å². The van der Waals surface area contributed by atoms with E-state index in [1.165, 1.54) is 14.0 Å². The number of ether oxygens (including phenoxy) is 1. The van der Waals surface area contributed by atoms with E-state index in [0.29, 0.717) is 12.1 Å². The zero-order valence-electron chi connectivity index (χ0n) is 16.6. The molecule has 0 saturated heterocycles. The molecule has 0 bridgehead atoms. The van der Waals surface area contributed by atoms with Crippen LogP contribution in [-0.4, -0.2) is 42.8 Å². The van der Waals surface area contributed by atoms with Crippen LogP contribution in [0.15, 0.2) is 29.3 Å². The SMILES string of the molecule is CC#C[C@@H](O)[C@@H]1COc2c(cn(C)c2C(=O)Nc2ccc(F)c(C(F)(F)F)c2)S(=O)(=O)N1. The number of nitrogens with zero attached hydrogens (tertiary/aromatic N) is 1. The Labute approximate surface area is 180 Å². The van der Waals surface area contributed by atoms with Crippen molar-refractivity contribution in [3.8, 4) is 17.6 Å². The van der Waals surface area contributed by atoms with Crippen LogP contribution in [0, 0.1) is 17.7 Å². The second kappa shape index (κ2) is 8.45. The fraction of sp³-hybridized carbons (Fsp3) is 0.316. The van der Waals surface area contributed by atoms with Crippen LogP contribution in [0.2, 0.25) is 0 Å². The van der Waals surface area contributed by atoms with Crippen LogP contribution in [0.3, 0.4) is 0 Å². The van der Waals surface area contributed by atoms with Gasteiger partial charge in [-0.15, -0.1) is 5.92 Å². The zero-order valence-corrected chi connectivity index (χ0v) is 17.4. The minimum Gasteiger partial charge on any atom is -0.488 e. The first kappa shape index (κ1) is 23.6. The number of sulfonamides is 1. The highest BCUT2D eigenvalue weighted by molar-refractivity contribution is 7.89. The molecule has 1 aliphatic rings. The van der Waals surface area contributed by atoms with Gasteiger partial charge in [-0.3, -0.25) is 4.79 Å². The number of benzene rings is 1. The average molecular weight is 475 g/mol. The molecule has 2 heterocycles. The number of carbonyl (C=O) groups excluding carboxylic acids is 1. The van der Waals surface area contributed by atoms with Gasteiger partial charge in [-0.1, -0.05) is 5.92 Å². The number of aliphatic hydroxyl groups is 1. The number of fused-ring (bicyclic) bond motifs is 1. The molecule has 1 aliphatic heterocycles. The van der Waals surface area contributed by atoms with Crippen molar-refractivity contribution in [1.29, 1.82) is 0 Å². The van der Waals surface area contributed by atoms with Gasteiger partial charge in [0.2, 0.25) is 10.0 Å². The molecular formula is C19H17F4N3O5S. The third-order valence-corrected chi connectivity index (χ3v) is 6.01.